The van der Waals surface area contributed by atoms with Crippen molar-refractivity contribution in [1.29, 1.82) is 0 Å². The van der Waals surface area contributed by atoms with Crippen molar-refractivity contribution in [3.8, 4) is 11.5 Å². The summed E-state index contributed by atoms with van der Waals surface area (Å²) in [6.45, 7) is 2.65. The molecule has 1 heterocycles. The van der Waals surface area contributed by atoms with Gasteiger partial charge in [-0.1, -0.05) is 23.7 Å². The van der Waals surface area contributed by atoms with Crippen LogP contribution in [0.4, 0.5) is 0 Å². The van der Waals surface area contributed by atoms with Crippen LogP contribution in [0.2, 0.25) is 5.02 Å². The molecule has 0 aromatic heterocycles. The number of benzene rings is 2. The predicted molar refractivity (Wildman–Crippen MR) is 115 cm³/mol. The Morgan fingerprint density at radius 1 is 1.17 bits per heavy atom. The van der Waals surface area contributed by atoms with Gasteiger partial charge in [0, 0.05) is 29.1 Å². The summed E-state index contributed by atoms with van der Waals surface area (Å²) in [5.74, 6) is 1.28. The summed E-state index contributed by atoms with van der Waals surface area (Å²) < 4.78 is 10.5. The minimum absolute atomic E-state index is 0.0219. The molecule has 1 aliphatic heterocycles. The van der Waals surface area contributed by atoms with Crippen LogP contribution < -0.4 is 14.9 Å². The molecule has 6 nitrogen and oxygen atoms in total. The number of hydrogen-bond acceptors (Lipinski definition) is 5. The van der Waals surface area contributed by atoms with Crippen LogP contribution in [0.1, 0.15) is 24.0 Å². The van der Waals surface area contributed by atoms with Gasteiger partial charge in [-0.3, -0.25) is 9.69 Å². The first-order valence-corrected chi connectivity index (χ1v) is 9.98. The first-order chi connectivity index (χ1) is 14.1. The van der Waals surface area contributed by atoms with E-state index in [0.717, 1.165) is 43.1 Å². The monoisotopic (exact) mass is 415 g/mol. The van der Waals surface area contributed by atoms with E-state index in [-0.39, 0.29) is 11.8 Å². The van der Waals surface area contributed by atoms with E-state index in [1.807, 2.05) is 36.4 Å². The number of methoxy groups -OCH3 is 2. The van der Waals surface area contributed by atoms with Gasteiger partial charge in [-0.15, -0.1) is 0 Å². The Bertz CT molecular complexity index is 847. The van der Waals surface area contributed by atoms with Gasteiger partial charge in [0.25, 0.3) is 0 Å². The number of rotatable bonds is 7. The lowest BCUT2D eigenvalue weighted by Crippen LogP contribution is -2.39. The largest absolute Gasteiger partial charge is 0.497 e. The highest BCUT2D eigenvalue weighted by molar-refractivity contribution is 6.30. The maximum absolute atomic E-state index is 12.4. The van der Waals surface area contributed by atoms with Gasteiger partial charge in [0.2, 0.25) is 5.91 Å². The number of piperidine rings is 1. The Kier molecular flexibility index (Phi) is 7.49. The van der Waals surface area contributed by atoms with Crippen LogP contribution in [-0.4, -0.2) is 44.3 Å². The van der Waals surface area contributed by atoms with E-state index in [1.165, 1.54) is 5.56 Å². The van der Waals surface area contributed by atoms with E-state index >= 15 is 0 Å². The van der Waals surface area contributed by atoms with Gasteiger partial charge >= 0.3 is 0 Å². The molecule has 0 atom stereocenters. The van der Waals surface area contributed by atoms with Gasteiger partial charge in [-0.25, -0.2) is 5.43 Å². The fourth-order valence-electron chi connectivity index (χ4n) is 3.38. The second kappa shape index (κ2) is 10.3. The highest BCUT2D eigenvalue weighted by Crippen LogP contribution is 2.23. The third-order valence-electron chi connectivity index (χ3n) is 5.10. The van der Waals surface area contributed by atoms with E-state index in [0.29, 0.717) is 11.5 Å². The van der Waals surface area contributed by atoms with Crippen molar-refractivity contribution in [3.63, 3.8) is 0 Å². The molecule has 2 aromatic carbocycles. The number of likely N-dealkylation sites (tertiary alicyclic amines) is 1. The Morgan fingerprint density at radius 3 is 2.55 bits per heavy atom. The molecule has 0 bridgehead atoms. The van der Waals surface area contributed by atoms with Crippen molar-refractivity contribution < 1.29 is 14.3 Å². The number of nitrogens with one attached hydrogen (secondary N) is 1. The molecule has 1 N–H and O–H groups in total. The zero-order valence-electron chi connectivity index (χ0n) is 16.7. The first-order valence-electron chi connectivity index (χ1n) is 9.61. The van der Waals surface area contributed by atoms with Crippen LogP contribution >= 0.6 is 11.6 Å². The molecule has 3 rings (SSSR count). The van der Waals surface area contributed by atoms with E-state index < -0.39 is 0 Å². The second-order valence-electron chi connectivity index (χ2n) is 7.02. The van der Waals surface area contributed by atoms with E-state index in [4.69, 9.17) is 21.1 Å². The zero-order valence-corrected chi connectivity index (χ0v) is 17.5. The minimum atomic E-state index is -0.0418. The summed E-state index contributed by atoms with van der Waals surface area (Å²) in [6.07, 6.45) is 3.23. The maximum atomic E-state index is 12.4. The minimum Gasteiger partial charge on any atom is -0.497 e. The molecule has 2 aromatic rings. The molecule has 29 heavy (non-hydrogen) atoms. The average Bonchev–Trinajstić information content (AvgIpc) is 2.76. The number of ether oxygens (including phenoxy) is 2. The third-order valence-corrected chi connectivity index (χ3v) is 5.35. The maximum Gasteiger partial charge on any atom is 0.243 e. The van der Waals surface area contributed by atoms with E-state index in [2.05, 4.69) is 15.4 Å². The lowest BCUT2D eigenvalue weighted by molar-refractivity contribution is -0.126. The molecule has 1 aliphatic rings. The van der Waals surface area contributed by atoms with Gasteiger partial charge in [0.1, 0.15) is 11.5 Å². The molecule has 1 amide bonds. The lowest BCUT2D eigenvalue weighted by atomic mass is 9.96. The summed E-state index contributed by atoms with van der Waals surface area (Å²) in [6, 6.07) is 13.3. The third kappa shape index (κ3) is 5.95. The summed E-state index contributed by atoms with van der Waals surface area (Å²) in [7, 11) is 3.19. The fraction of sp³-hybridized carbons (Fsp3) is 0.364. The van der Waals surface area contributed by atoms with Gasteiger partial charge in [0.05, 0.1) is 20.4 Å². The van der Waals surface area contributed by atoms with Crippen LogP contribution in [0.25, 0.3) is 0 Å². The Morgan fingerprint density at radius 2 is 1.90 bits per heavy atom. The fourth-order valence-corrected chi connectivity index (χ4v) is 3.51. The standard InChI is InChI=1S/C22H26ClN3O3/c1-28-20-8-5-18(21(13-20)29-2)14-24-25-22(27)17-9-11-26(12-10-17)15-16-3-6-19(23)7-4-16/h3-8,13-14,17H,9-12,15H2,1-2H3,(H,25,27)/b24-14-. The van der Waals surface area contributed by atoms with Crippen LogP contribution in [0, 0.1) is 5.92 Å². The molecule has 0 aliphatic carbocycles. The average molecular weight is 416 g/mol. The van der Waals surface area contributed by atoms with Gasteiger partial charge in [0.15, 0.2) is 0 Å². The van der Waals surface area contributed by atoms with E-state index in [9.17, 15) is 4.79 Å². The van der Waals surface area contributed by atoms with Crippen molar-refractivity contribution in [1.82, 2.24) is 10.3 Å². The van der Waals surface area contributed by atoms with Gasteiger partial charge < -0.3 is 9.47 Å². The Hall–Kier alpha value is -2.57. The van der Waals surface area contributed by atoms with Crippen LogP contribution in [0.5, 0.6) is 11.5 Å². The first kappa shape index (κ1) is 21.1. The lowest BCUT2D eigenvalue weighted by Gasteiger charge is -2.30. The predicted octanol–water partition coefficient (Wildman–Crippen LogP) is 3.72. The van der Waals surface area contributed by atoms with Crippen molar-refractivity contribution in [2.24, 2.45) is 11.0 Å². The van der Waals surface area contributed by atoms with Gasteiger partial charge in [-0.05, 0) is 55.8 Å². The van der Waals surface area contributed by atoms with Crippen molar-refractivity contribution >= 4 is 23.7 Å². The normalized spacial score (nSPS) is 15.4. The molecule has 1 saturated heterocycles. The number of nitrogens with zero attached hydrogens (tertiary/aromatic N) is 2. The molecule has 0 radical (unpaired) electrons. The molecule has 0 spiro atoms. The van der Waals surface area contributed by atoms with E-state index in [1.54, 1.807) is 26.5 Å². The quantitative estimate of drug-likeness (QED) is 0.553. The Labute approximate surface area is 176 Å². The molecule has 0 unspecified atom stereocenters. The number of hydrazone groups is 1. The highest BCUT2D eigenvalue weighted by atomic mass is 35.5. The zero-order chi connectivity index (χ0) is 20.6. The molecule has 1 fully saturated rings. The number of halogens is 1. The number of amides is 1. The topological polar surface area (TPSA) is 63.2 Å². The van der Waals surface area contributed by atoms with Crippen molar-refractivity contribution in [2.45, 2.75) is 19.4 Å². The summed E-state index contributed by atoms with van der Waals surface area (Å²) >= 11 is 5.94. The van der Waals surface area contributed by atoms with Crippen LogP contribution in [0.3, 0.4) is 0 Å². The number of carbonyl (C=O) groups is 1. The van der Waals surface area contributed by atoms with Gasteiger partial charge in [-0.2, -0.15) is 5.10 Å². The van der Waals surface area contributed by atoms with Crippen molar-refractivity contribution in [2.75, 3.05) is 27.3 Å². The number of carbonyl (C=O) groups excluding carboxylic acids is 1. The molecular formula is C22H26ClN3O3. The smallest absolute Gasteiger partial charge is 0.243 e. The Balaban J connectivity index is 1.47. The second-order valence-corrected chi connectivity index (χ2v) is 7.46. The number of hydrogen-bond donors (Lipinski definition) is 1. The molecule has 0 saturated carbocycles. The summed E-state index contributed by atoms with van der Waals surface area (Å²) in [5, 5.41) is 4.85. The molecular weight excluding hydrogens is 390 g/mol. The SMILES string of the molecule is COc1ccc(/C=N\NC(=O)C2CCN(Cc3ccc(Cl)cc3)CC2)c(OC)c1. The molecule has 7 heteroatoms. The molecule has 154 valence electrons. The summed E-state index contributed by atoms with van der Waals surface area (Å²) in [5.41, 5.74) is 4.66. The van der Waals surface area contributed by atoms with Crippen LogP contribution in [-0.2, 0) is 11.3 Å². The van der Waals surface area contributed by atoms with Crippen molar-refractivity contribution in [3.05, 3.63) is 58.6 Å². The highest BCUT2D eigenvalue weighted by Gasteiger charge is 2.24. The summed E-state index contributed by atoms with van der Waals surface area (Å²) in [4.78, 5) is 14.8. The van der Waals surface area contributed by atoms with Crippen LogP contribution in [0.15, 0.2) is 47.6 Å².